The SMILES string of the molecule is COC1CC2CC[C@@H](C)[C@@](O)(O2)C(=O)C(=O)N2CCCCC2C(=O)O[C@H]([C@H](C)CC2CC[C@@H](OC(=O)C(C)(CO)CO)[C@H](OC)C2)CC(=O)[C@H](C)/C=C(\C)[C@@H](O)C(OC)C(=O)[C@H](C)C[C@H](C)/C=C/C=C/C=C/1C. The van der Waals surface area contributed by atoms with Gasteiger partial charge in [0.15, 0.2) is 5.78 Å². The highest BCUT2D eigenvalue weighted by Gasteiger charge is 2.53. The van der Waals surface area contributed by atoms with E-state index in [1.807, 2.05) is 51.2 Å². The van der Waals surface area contributed by atoms with Gasteiger partial charge in [0.2, 0.25) is 5.79 Å². The molecule has 2 saturated heterocycles. The molecule has 3 heterocycles. The standard InChI is InChI=1S/C56H87NO16/c1-33-17-13-12-14-18-34(2)45(68-9)29-41-22-20-39(7)56(67,73-41)51(63)52(64)57-24-16-15-19-42(57)53(65)71-46(30-43(60)35(3)26-38(6)49(62)50(70-11)48(61)37(5)25-33)36(4)27-40-21-23-44(47(28-40)69-10)72-54(66)55(8,31-58)32-59/h12-14,17-18,26,33,35-37,39-42,44-47,49-50,58-59,62,67H,15-16,19-25,27-32H2,1-11H3/b14-12+,17-13+,34-18+,38-26+/t33-,35-,36-,37-,39-,40?,41?,42?,44-,45?,46+,47-,49-,50?,56-/m1/s1. The van der Waals surface area contributed by atoms with Gasteiger partial charge >= 0.3 is 11.9 Å². The van der Waals surface area contributed by atoms with E-state index in [9.17, 15) is 49.2 Å². The van der Waals surface area contributed by atoms with Gasteiger partial charge in [0, 0.05) is 58.5 Å². The van der Waals surface area contributed by atoms with Crippen LogP contribution in [0.3, 0.4) is 0 Å². The molecule has 0 aromatic heterocycles. The molecule has 4 N–H and O–H groups in total. The Kier molecular flexibility index (Phi) is 23.9. The van der Waals surface area contributed by atoms with Gasteiger partial charge in [-0.1, -0.05) is 71.1 Å². The van der Waals surface area contributed by atoms with Gasteiger partial charge in [-0.15, -0.1) is 0 Å². The first-order valence-electron chi connectivity index (χ1n) is 26.4. The quantitative estimate of drug-likeness (QED) is 0.116. The Morgan fingerprint density at radius 3 is 2.21 bits per heavy atom. The number of fused-ring (bicyclic) bond motifs is 3. The molecule has 4 rings (SSSR count). The Labute approximate surface area is 433 Å². The number of aliphatic hydroxyl groups is 4. The zero-order valence-electron chi connectivity index (χ0n) is 45.3. The number of allylic oxidation sites excluding steroid dienone is 6. The Bertz CT molecular complexity index is 2010. The summed E-state index contributed by atoms with van der Waals surface area (Å²) in [6.07, 6.45) is 9.76. The molecule has 3 fully saturated rings. The maximum atomic E-state index is 14.5. The van der Waals surface area contributed by atoms with Crippen LogP contribution in [0.1, 0.15) is 132 Å². The number of esters is 2. The molecule has 3 aliphatic heterocycles. The second kappa shape index (κ2) is 28.3. The zero-order chi connectivity index (χ0) is 54.4. The lowest BCUT2D eigenvalue weighted by molar-refractivity contribution is -0.265. The zero-order valence-corrected chi connectivity index (χ0v) is 45.3. The fourth-order valence-electron chi connectivity index (χ4n) is 10.7. The number of amides is 1. The van der Waals surface area contributed by atoms with Gasteiger partial charge < -0.3 is 53.7 Å². The van der Waals surface area contributed by atoms with E-state index < -0.39 is 120 Å². The second-order valence-electron chi connectivity index (χ2n) is 21.8. The number of ether oxygens (including phenoxy) is 6. The van der Waals surface area contributed by atoms with Crippen molar-refractivity contribution < 1.29 is 77.6 Å². The Morgan fingerprint density at radius 1 is 0.863 bits per heavy atom. The first-order valence-corrected chi connectivity index (χ1v) is 26.4. The van der Waals surface area contributed by atoms with Crippen molar-refractivity contribution in [2.75, 3.05) is 41.1 Å². The number of Topliss-reactive ketones (excluding diaryl/α,β-unsaturated/α-hetero) is 3. The maximum absolute atomic E-state index is 14.5. The summed E-state index contributed by atoms with van der Waals surface area (Å²) in [7, 11) is 4.43. The molecule has 15 atom stereocenters. The van der Waals surface area contributed by atoms with Crippen LogP contribution in [-0.2, 0) is 57.2 Å². The number of carbonyl (C=O) groups is 6. The number of hydrogen-bond donors (Lipinski definition) is 4. The average molecular weight is 1030 g/mol. The predicted octanol–water partition coefficient (Wildman–Crippen LogP) is 5.72. The number of piperidine rings is 1. The van der Waals surface area contributed by atoms with Crippen LogP contribution in [0.25, 0.3) is 0 Å². The lowest BCUT2D eigenvalue weighted by atomic mass is 9.78. The molecule has 0 aromatic rings. The first-order chi connectivity index (χ1) is 34.5. The van der Waals surface area contributed by atoms with E-state index >= 15 is 0 Å². The van der Waals surface area contributed by atoms with E-state index in [1.165, 1.54) is 21.1 Å². The van der Waals surface area contributed by atoms with Gasteiger partial charge in [0.05, 0.1) is 31.5 Å². The number of cyclic esters (lactones) is 1. The number of methoxy groups -OCH3 is 3. The van der Waals surface area contributed by atoms with Crippen molar-refractivity contribution in [3.63, 3.8) is 0 Å². The average Bonchev–Trinajstić information content (AvgIpc) is 3.37. The third-order valence-electron chi connectivity index (χ3n) is 15.9. The summed E-state index contributed by atoms with van der Waals surface area (Å²) < 4.78 is 35.4. The molecule has 1 amide bonds. The third kappa shape index (κ3) is 16.0. The molecule has 0 radical (unpaired) electrons. The molecule has 2 bridgehead atoms. The third-order valence-corrected chi connectivity index (χ3v) is 15.9. The van der Waals surface area contributed by atoms with E-state index in [0.29, 0.717) is 69.8 Å². The molecule has 412 valence electrons. The second-order valence-corrected chi connectivity index (χ2v) is 21.8. The summed E-state index contributed by atoms with van der Waals surface area (Å²) in [6, 6.07) is -1.20. The Balaban J connectivity index is 1.69. The van der Waals surface area contributed by atoms with Gasteiger partial charge in [0.1, 0.15) is 41.7 Å². The van der Waals surface area contributed by atoms with E-state index in [2.05, 4.69) is 0 Å². The molecule has 5 unspecified atom stereocenters. The smallest absolute Gasteiger partial charge is 0.329 e. The fourth-order valence-corrected chi connectivity index (χ4v) is 10.7. The molecule has 1 saturated carbocycles. The van der Waals surface area contributed by atoms with E-state index in [1.54, 1.807) is 40.9 Å². The van der Waals surface area contributed by atoms with E-state index in [4.69, 9.17) is 28.4 Å². The molecule has 1 aliphatic carbocycles. The highest BCUT2D eigenvalue weighted by atomic mass is 16.6. The van der Waals surface area contributed by atoms with Crippen molar-refractivity contribution in [2.45, 2.75) is 187 Å². The minimum atomic E-state index is -2.47. The molecule has 17 nitrogen and oxygen atoms in total. The van der Waals surface area contributed by atoms with Crippen molar-refractivity contribution >= 4 is 35.2 Å². The Hall–Kier alpha value is -3.94. The number of ketones is 3. The van der Waals surface area contributed by atoms with Crippen molar-refractivity contribution in [3.8, 4) is 0 Å². The summed E-state index contributed by atoms with van der Waals surface area (Å²) in [5, 5.41) is 43.1. The number of rotatable bonds is 10. The van der Waals surface area contributed by atoms with Crippen molar-refractivity contribution in [3.05, 3.63) is 47.6 Å². The van der Waals surface area contributed by atoms with Gasteiger partial charge in [-0.25, -0.2) is 4.79 Å². The van der Waals surface area contributed by atoms with Gasteiger partial charge in [0.25, 0.3) is 11.7 Å². The summed E-state index contributed by atoms with van der Waals surface area (Å²) in [6.45, 7) is 12.7. The van der Waals surface area contributed by atoms with Crippen LogP contribution in [0.2, 0.25) is 0 Å². The number of carbonyl (C=O) groups excluding carboxylic acids is 6. The van der Waals surface area contributed by atoms with Gasteiger partial charge in [-0.05, 0) is 114 Å². The highest BCUT2D eigenvalue weighted by Crippen LogP contribution is 2.38. The lowest BCUT2D eigenvalue weighted by Crippen LogP contribution is -2.61. The minimum absolute atomic E-state index is 0.00697. The summed E-state index contributed by atoms with van der Waals surface area (Å²) >= 11 is 0. The largest absolute Gasteiger partial charge is 0.460 e. The summed E-state index contributed by atoms with van der Waals surface area (Å²) in [4.78, 5) is 85.4. The van der Waals surface area contributed by atoms with Crippen LogP contribution >= 0.6 is 0 Å². The Morgan fingerprint density at radius 2 is 1.56 bits per heavy atom. The molecule has 4 aliphatic rings. The molecule has 0 aromatic carbocycles. The molecular weight excluding hydrogens is 943 g/mol. The number of nitrogens with zero attached hydrogens (tertiary/aromatic N) is 1. The van der Waals surface area contributed by atoms with Gasteiger partial charge in [-0.2, -0.15) is 0 Å². The first kappa shape index (κ1) is 61.6. The fraction of sp³-hybridized carbons (Fsp3) is 0.750. The summed E-state index contributed by atoms with van der Waals surface area (Å²) in [5.74, 6) is -9.36. The normalized spacial score (nSPS) is 37.4. The molecule has 0 spiro atoms. The van der Waals surface area contributed by atoms with Crippen LogP contribution in [0.15, 0.2) is 47.6 Å². The van der Waals surface area contributed by atoms with E-state index in [-0.39, 0.29) is 42.8 Å². The van der Waals surface area contributed by atoms with Crippen LogP contribution in [0.4, 0.5) is 0 Å². The van der Waals surface area contributed by atoms with Crippen LogP contribution in [0, 0.1) is 40.9 Å². The predicted molar refractivity (Wildman–Crippen MR) is 271 cm³/mol. The topological polar surface area (TPSA) is 242 Å². The maximum Gasteiger partial charge on any atom is 0.329 e. The van der Waals surface area contributed by atoms with Crippen molar-refractivity contribution in [1.29, 1.82) is 0 Å². The lowest BCUT2D eigenvalue weighted by Gasteiger charge is -2.42. The molecular formula is C56H87NO16. The molecule has 73 heavy (non-hydrogen) atoms. The van der Waals surface area contributed by atoms with Gasteiger partial charge in [-0.3, -0.25) is 24.0 Å². The van der Waals surface area contributed by atoms with Crippen LogP contribution < -0.4 is 0 Å². The monoisotopic (exact) mass is 1030 g/mol. The summed E-state index contributed by atoms with van der Waals surface area (Å²) in [5.41, 5.74) is -0.277. The highest BCUT2D eigenvalue weighted by molar-refractivity contribution is 6.39. The number of aliphatic hydroxyl groups excluding tert-OH is 3. The van der Waals surface area contributed by atoms with E-state index in [0.717, 1.165) is 10.5 Å². The van der Waals surface area contributed by atoms with Crippen molar-refractivity contribution in [2.24, 2.45) is 40.9 Å². The minimum Gasteiger partial charge on any atom is -0.460 e. The number of hydrogen-bond acceptors (Lipinski definition) is 16. The van der Waals surface area contributed by atoms with Crippen molar-refractivity contribution in [1.82, 2.24) is 4.90 Å². The van der Waals surface area contributed by atoms with Crippen LogP contribution in [-0.4, -0.2) is 156 Å². The van der Waals surface area contributed by atoms with Crippen LogP contribution in [0.5, 0.6) is 0 Å². The molecule has 17 heteroatoms.